The molecule has 0 saturated carbocycles. The Kier molecular flexibility index (Phi) is 3.81. The van der Waals surface area contributed by atoms with Gasteiger partial charge in [-0.3, -0.25) is 9.78 Å². The lowest BCUT2D eigenvalue weighted by molar-refractivity contribution is -0.119. The van der Waals surface area contributed by atoms with Crippen molar-refractivity contribution in [3.05, 3.63) is 58.4 Å². The van der Waals surface area contributed by atoms with E-state index in [1.54, 1.807) is 17.5 Å². The molecule has 1 atom stereocenters. The number of anilines is 1. The van der Waals surface area contributed by atoms with Crippen molar-refractivity contribution in [2.45, 2.75) is 18.9 Å². The molecule has 0 radical (unpaired) electrons. The van der Waals surface area contributed by atoms with Crippen LogP contribution >= 0.6 is 11.3 Å². The van der Waals surface area contributed by atoms with Crippen LogP contribution in [-0.4, -0.2) is 17.5 Å². The van der Waals surface area contributed by atoms with Crippen LogP contribution in [0.5, 0.6) is 0 Å². The lowest BCUT2D eigenvalue weighted by Crippen LogP contribution is -2.21. The van der Waals surface area contributed by atoms with Gasteiger partial charge in [0, 0.05) is 10.3 Å². The second-order valence-electron chi connectivity index (χ2n) is 5.59. The third-order valence-corrected chi connectivity index (χ3v) is 5.06. The summed E-state index contributed by atoms with van der Waals surface area (Å²) in [5.74, 6) is -0.0478. The number of thiophene rings is 1. The molecule has 3 heterocycles. The molecule has 1 aromatic carbocycles. The zero-order chi connectivity index (χ0) is 15.6. The van der Waals surface area contributed by atoms with Crippen LogP contribution in [0.4, 0.5) is 5.69 Å². The van der Waals surface area contributed by atoms with E-state index in [4.69, 9.17) is 4.74 Å². The molecule has 1 N–H and O–H groups in total. The van der Waals surface area contributed by atoms with Gasteiger partial charge in [0.1, 0.15) is 6.10 Å². The SMILES string of the molecule is O=C(CC1OCCc2ccsc21)Nc1cnc2ccccc2c1. The minimum absolute atomic E-state index is 0.0478. The van der Waals surface area contributed by atoms with E-state index < -0.39 is 0 Å². The first-order chi connectivity index (χ1) is 11.3. The van der Waals surface area contributed by atoms with E-state index in [9.17, 15) is 4.79 Å². The zero-order valence-corrected chi connectivity index (χ0v) is 13.3. The molecule has 0 bridgehead atoms. The van der Waals surface area contributed by atoms with Gasteiger partial charge in [0.25, 0.3) is 0 Å². The molecule has 3 aromatic rings. The summed E-state index contributed by atoms with van der Waals surface area (Å²) in [5, 5.41) is 6.01. The number of amides is 1. The second-order valence-corrected chi connectivity index (χ2v) is 6.54. The van der Waals surface area contributed by atoms with Crippen LogP contribution < -0.4 is 5.32 Å². The average Bonchev–Trinajstić information content (AvgIpc) is 3.04. The summed E-state index contributed by atoms with van der Waals surface area (Å²) in [7, 11) is 0. The Morgan fingerprint density at radius 3 is 3.22 bits per heavy atom. The molecule has 2 aromatic heterocycles. The number of rotatable bonds is 3. The third kappa shape index (κ3) is 2.98. The normalized spacial score (nSPS) is 17.0. The predicted molar refractivity (Wildman–Crippen MR) is 91.7 cm³/mol. The summed E-state index contributed by atoms with van der Waals surface area (Å²) < 4.78 is 5.78. The van der Waals surface area contributed by atoms with E-state index in [0.717, 1.165) is 23.0 Å². The van der Waals surface area contributed by atoms with Crippen molar-refractivity contribution in [1.29, 1.82) is 0 Å². The molecule has 1 unspecified atom stereocenters. The van der Waals surface area contributed by atoms with Crippen LogP contribution in [-0.2, 0) is 16.0 Å². The van der Waals surface area contributed by atoms with Gasteiger partial charge in [-0.25, -0.2) is 0 Å². The van der Waals surface area contributed by atoms with Crippen molar-refractivity contribution in [3.63, 3.8) is 0 Å². The standard InChI is InChI=1S/C18H16N2O2S/c21-17(10-16-18-12(5-7-22-16)6-8-23-18)20-14-9-13-3-1-2-4-15(13)19-11-14/h1-4,6,8-9,11,16H,5,7,10H2,(H,20,21). The molecule has 0 fully saturated rings. The predicted octanol–water partition coefficient (Wildman–Crippen LogP) is 3.94. The van der Waals surface area contributed by atoms with E-state index in [1.165, 1.54) is 10.4 Å². The second kappa shape index (κ2) is 6.10. The van der Waals surface area contributed by atoms with Gasteiger partial charge >= 0.3 is 0 Å². The monoisotopic (exact) mass is 324 g/mol. The largest absolute Gasteiger partial charge is 0.372 e. The molecule has 1 amide bonds. The summed E-state index contributed by atoms with van der Waals surface area (Å²) in [6.07, 6.45) is 2.83. The number of pyridine rings is 1. The molecule has 1 aliphatic rings. The summed E-state index contributed by atoms with van der Waals surface area (Å²) in [6.45, 7) is 0.680. The van der Waals surface area contributed by atoms with Crippen LogP contribution in [0.1, 0.15) is 23.0 Å². The lowest BCUT2D eigenvalue weighted by Gasteiger charge is -2.22. The summed E-state index contributed by atoms with van der Waals surface area (Å²) in [4.78, 5) is 17.9. The highest BCUT2D eigenvalue weighted by Gasteiger charge is 2.24. The Labute approximate surface area is 138 Å². The van der Waals surface area contributed by atoms with E-state index in [0.29, 0.717) is 13.0 Å². The molecule has 1 aliphatic heterocycles. The Morgan fingerprint density at radius 2 is 2.26 bits per heavy atom. The van der Waals surface area contributed by atoms with Gasteiger partial charge in [-0.05, 0) is 35.6 Å². The minimum Gasteiger partial charge on any atom is -0.372 e. The van der Waals surface area contributed by atoms with Crippen LogP contribution in [0, 0.1) is 0 Å². The Hall–Kier alpha value is -2.24. The van der Waals surface area contributed by atoms with Gasteiger partial charge in [0.05, 0.1) is 30.4 Å². The van der Waals surface area contributed by atoms with Crippen LogP contribution in [0.15, 0.2) is 48.0 Å². The van der Waals surface area contributed by atoms with Crippen molar-refractivity contribution in [1.82, 2.24) is 4.98 Å². The molecule has 4 rings (SSSR count). The molecular formula is C18H16N2O2S. The van der Waals surface area contributed by atoms with E-state index in [2.05, 4.69) is 21.7 Å². The van der Waals surface area contributed by atoms with E-state index in [1.807, 2.05) is 30.3 Å². The molecule has 5 heteroatoms. The number of benzene rings is 1. The number of fused-ring (bicyclic) bond motifs is 2. The molecular weight excluding hydrogens is 308 g/mol. The van der Waals surface area contributed by atoms with E-state index >= 15 is 0 Å². The first kappa shape index (κ1) is 14.4. The maximum atomic E-state index is 12.3. The van der Waals surface area contributed by atoms with Gasteiger partial charge in [0.15, 0.2) is 0 Å². The quantitative estimate of drug-likeness (QED) is 0.794. The van der Waals surface area contributed by atoms with Gasteiger partial charge in [-0.15, -0.1) is 11.3 Å². The van der Waals surface area contributed by atoms with Crippen LogP contribution in [0.3, 0.4) is 0 Å². The molecule has 0 aliphatic carbocycles. The number of ether oxygens (including phenoxy) is 1. The topological polar surface area (TPSA) is 51.2 Å². The molecule has 4 nitrogen and oxygen atoms in total. The number of hydrogen-bond acceptors (Lipinski definition) is 4. The molecule has 0 spiro atoms. The highest BCUT2D eigenvalue weighted by Crippen LogP contribution is 2.34. The van der Waals surface area contributed by atoms with Crippen molar-refractivity contribution < 1.29 is 9.53 Å². The van der Waals surface area contributed by atoms with Crippen molar-refractivity contribution >= 4 is 33.8 Å². The van der Waals surface area contributed by atoms with Crippen molar-refractivity contribution in [2.24, 2.45) is 0 Å². The number of hydrogen-bond donors (Lipinski definition) is 1. The van der Waals surface area contributed by atoms with E-state index in [-0.39, 0.29) is 12.0 Å². The minimum atomic E-state index is -0.132. The fourth-order valence-electron chi connectivity index (χ4n) is 2.89. The number of nitrogens with one attached hydrogen (secondary N) is 1. The van der Waals surface area contributed by atoms with Crippen molar-refractivity contribution in [3.8, 4) is 0 Å². The van der Waals surface area contributed by atoms with Gasteiger partial charge in [-0.2, -0.15) is 0 Å². The maximum absolute atomic E-state index is 12.3. The third-order valence-electron chi connectivity index (χ3n) is 4.01. The number of aromatic nitrogens is 1. The Bertz CT molecular complexity index is 859. The lowest BCUT2D eigenvalue weighted by atomic mass is 10.1. The Morgan fingerprint density at radius 1 is 1.35 bits per heavy atom. The smallest absolute Gasteiger partial charge is 0.227 e. The molecule has 23 heavy (non-hydrogen) atoms. The number of para-hydroxylation sites is 1. The van der Waals surface area contributed by atoms with Gasteiger partial charge in [0.2, 0.25) is 5.91 Å². The Balaban J connectivity index is 1.48. The number of carbonyl (C=O) groups is 1. The zero-order valence-electron chi connectivity index (χ0n) is 12.5. The fourth-order valence-corrected chi connectivity index (χ4v) is 3.90. The molecule has 116 valence electrons. The van der Waals surface area contributed by atoms with Gasteiger partial charge in [-0.1, -0.05) is 18.2 Å². The summed E-state index contributed by atoms with van der Waals surface area (Å²) in [5.41, 5.74) is 2.95. The van der Waals surface area contributed by atoms with Gasteiger partial charge < -0.3 is 10.1 Å². The average molecular weight is 324 g/mol. The first-order valence-corrected chi connectivity index (χ1v) is 8.50. The fraction of sp³-hybridized carbons (Fsp3) is 0.222. The van der Waals surface area contributed by atoms with Crippen LogP contribution in [0.2, 0.25) is 0 Å². The first-order valence-electron chi connectivity index (χ1n) is 7.62. The van der Waals surface area contributed by atoms with Crippen molar-refractivity contribution in [2.75, 3.05) is 11.9 Å². The summed E-state index contributed by atoms with van der Waals surface area (Å²) >= 11 is 1.67. The number of carbonyl (C=O) groups excluding carboxylic acids is 1. The summed E-state index contributed by atoms with van der Waals surface area (Å²) in [6, 6.07) is 11.9. The highest BCUT2D eigenvalue weighted by molar-refractivity contribution is 7.10. The highest BCUT2D eigenvalue weighted by atomic mass is 32.1. The number of nitrogens with zero attached hydrogens (tertiary/aromatic N) is 1. The molecule has 0 saturated heterocycles. The van der Waals surface area contributed by atoms with Crippen LogP contribution in [0.25, 0.3) is 10.9 Å². The maximum Gasteiger partial charge on any atom is 0.227 e.